The first-order valence-electron chi connectivity index (χ1n) is 9.97. The fraction of sp³-hybridized carbons (Fsp3) is 0.318. The molecule has 2 aliphatic heterocycles. The fourth-order valence-electron chi connectivity index (χ4n) is 4.32. The van der Waals surface area contributed by atoms with Crippen LogP contribution < -0.4 is 4.90 Å². The number of benzene rings is 2. The number of amides is 2. The smallest absolute Gasteiger partial charge is 0.254 e. The first kappa shape index (κ1) is 17.8. The molecule has 3 aromatic rings. The summed E-state index contributed by atoms with van der Waals surface area (Å²) in [7, 11) is 0. The lowest BCUT2D eigenvalue weighted by Crippen LogP contribution is -2.31. The molecular weight excluding hydrogens is 371 g/mol. The van der Waals surface area contributed by atoms with Crippen molar-refractivity contribution in [3.8, 4) is 0 Å². The molecule has 1 N–H and O–H groups in total. The third-order valence-corrected chi connectivity index (χ3v) is 5.79. The van der Waals surface area contributed by atoms with Crippen LogP contribution in [0.25, 0.3) is 11.0 Å². The summed E-state index contributed by atoms with van der Waals surface area (Å²) in [6.45, 7) is 1.38. The van der Waals surface area contributed by atoms with Gasteiger partial charge in [-0.1, -0.05) is 0 Å². The van der Waals surface area contributed by atoms with Gasteiger partial charge in [-0.15, -0.1) is 0 Å². The average molecular weight is 392 g/mol. The molecule has 2 aromatic carbocycles. The Labute approximate surface area is 167 Å². The maximum atomic E-state index is 13.5. The maximum Gasteiger partial charge on any atom is 0.254 e. The average Bonchev–Trinajstić information content (AvgIpc) is 3.46. The van der Waals surface area contributed by atoms with Crippen LogP contribution in [0.5, 0.6) is 0 Å². The lowest BCUT2D eigenvalue weighted by atomic mass is 10.1. The number of aromatic nitrogens is 2. The van der Waals surface area contributed by atoms with Crippen LogP contribution >= 0.6 is 0 Å². The Bertz CT molecular complexity index is 1090. The summed E-state index contributed by atoms with van der Waals surface area (Å²) in [4.78, 5) is 36.4. The zero-order chi connectivity index (χ0) is 20.0. The molecule has 148 valence electrons. The largest absolute Gasteiger partial charge is 0.340 e. The Morgan fingerprint density at radius 3 is 2.69 bits per heavy atom. The van der Waals surface area contributed by atoms with Crippen molar-refractivity contribution in [1.82, 2.24) is 14.9 Å². The van der Waals surface area contributed by atoms with Gasteiger partial charge in [0.1, 0.15) is 11.6 Å². The van der Waals surface area contributed by atoms with Gasteiger partial charge in [0.05, 0.1) is 17.1 Å². The predicted octanol–water partition coefficient (Wildman–Crippen LogP) is 3.81. The van der Waals surface area contributed by atoms with Gasteiger partial charge in [-0.3, -0.25) is 9.59 Å². The summed E-state index contributed by atoms with van der Waals surface area (Å²) in [5.74, 6) is 0.447. The van der Waals surface area contributed by atoms with Crippen molar-refractivity contribution in [2.45, 2.75) is 31.7 Å². The van der Waals surface area contributed by atoms with Crippen LogP contribution in [0, 0.1) is 5.82 Å². The summed E-state index contributed by atoms with van der Waals surface area (Å²) in [6, 6.07) is 11.5. The molecule has 2 fully saturated rings. The number of fused-ring (bicyclic) bond motifs is 1. The van der Waals surface area contributed by atoms with Gasteiger partial charge in [-0.05, 0) is 61.7 Å². The number of aromatic amines is 1. The number of nitrogens with zero attached hydrogens (tertiary/aromatic N) is 3. The lowest BCUT2D eigenvalue weighted by Gasteiger charge is -2.23. The van der Waals surface area contributed by atoms with Crippen LogP contribution in [-0.4, -0.2) is 39.8 Å². The minimum Gasteiger partial charge on any atom is -0.340 e. The van der Waals surface area contributed by atoms with Crippen molar-refractivity contribution in [1.29, 1.82) is 0 Å². The molecule has 1 aromatic heterocycles. The van der Waals surface area contributed by atoms with Crippen molar-refractivity contribution in [2.24, 2.45) is 0 Å². The van der Waals surface area contributed by atoms with E-state index in [9.17, 15) is 14.0 Å². The van der Waals surface area contributed by atoms with Crippen LogP contribution in [0.3, 0.4) is 0 Å². The van der Waals surface area contributed by atoms with Crippen molar-refractivity contribution in [3.05, 3.63) is 59.7 Å². The van der Waals surface area contributed by atoms with Gasteiger partial charge in [0.25, 0.3) is 5.91 Å². The predicted molar refractivity (Wildman–Crippen MR) is 107 cm³/mol. The molecule has 0 bridgehead atoms. The zero-order valence-corrected chi connectivity index (χ0v) is 15.9. The molecular formula is C22H21FN4O2. The second-order valence-electron chi connectivity index (χ2n) is 7.64. The maximum absolute atomic E-state index is 13.5. The number of carbonyl (C=O) groups excluding carboxylic acids is 2. The van der Waals surface area contributed by atoms with Crippen molar-refractivity contribution >= 4 is 28.5 Å². The molecule has 5 rings (SSSR count). The van der Waals surface area contributed by atoms with E-state index in [1.54, 1.807) is 23.1 Å². The van der Waals surface area contributed by atoms with Crippen LogP contribution in [0.15, 0.2) is 42.5 Å². The topological polar surface area (TPSA) is 69.3 Å². The molecule has 2 amide bonds. The molecule has 0 aliphatic carbocycles. The first-order chi connectivity index (χ1) is 14.1. The third-order valence-electron chi connectivity index (χ3n) is 5.79. The second kappa shape index (κ2) is 6.99. The van der Waals surface area contributed by atoms with Gasteiger partial charge in [0.15, 0.2) is 0 Å². The number of halogens is 1. The minimum absolute atomic E-state index is 0.0570. The number of imidazole rings is 1. The number of rotatable bonds is 3. The minimum atomic E-state index is -0.316. The molecule has 0 saturated carbocycles. The number of nitrogens with one attached hydrogen (secondary N) is 1. The van der Waals surface area contributed by atoms with Gasteiger partial charge >= 0.3 is 0 Å². The first-order valence-corrected chi connectivity index (χ1v) is 9.97. The van der Waals surface area contributed by atoms with Crippen molar-refractivity contribution in [2.75, 3.05) is 18.0 Å². The molecule has 2 aliphatic rings. The summed E-state index contributed by atoms with van der Waals surface area (Å²) in [6.07, 6.45) is 3.16. The highest BCUT2D eigenvalue weighted by molar-refractivity contribution is 5.97. The van der Waals surface area contributed by atoms with Crippen LogP contribution in [0.2, 0.25) is 0 Å². The SMILES string of the molecule is O=C1CCCN1c1ccc(C(=O)N2CCCC2c2nc3ccc(F)cc3[nH]2)cc1. The Kier molecular flexibility index (Phi) is 4.30. The van der Waals surface area contributed by atoms with Crippen LogP contribution in [0.4, 0.5) is 10.1 Å². The molecule has 7 heteroatoms. The number of anilines is 1. The van der Waals surface area contributed by atoms with E-state index in [2.05, 4.69) is 9.97 Å². The third kappa shape index (κ3) is 3.16. The van der Waals surface area contributed by atoms with E-state index >= 15 is 0 Å². The number of hydrogen-bond acceptors (Lipinski definition) is 3. The molecule has 0 spiro atoms. The molecule has 3 heterocycles. The summed E-state index contributed by atoms with van der Waals surface area (Å²) in [5, 5.41) is 0. The Hall–Kier alpha value is -3.22. The van der Waals surface area contributed by atoms with Gasteiger partial charge in [0, 0.05) is 30.8 Å². The summed E-state index contributed by atoms with van der Waals surface area (Å²) in [5.41, 5.74) is 2.76. The Morgan fingerprint density at radius 1 is 1.10 bits per heavy atom. The van der Waals surface area contributed by atoms with Crippen LogP contribution in [-0.2, 0) is 4.79 Å². The Balaban J connectivity index is 1.38. The van der Waals surface area contributed by atoms with E-state index in [-0.39, 0.29) is 23.7 Å². The summed E-state index contributed by atoms with van der Waals surface area (Å²) < 4.78 is 13.5. The molecule has 1 unspecified atom stereocenters. The lowest BCUT2D eigenvalue weighted by molar-refractivity contribution is -0.117. The van der Waals surface area contributed by atoms with Gasteiger partial charge in [0.2, 0.25) is 5.91 Å². The standard InChI is InChI=1S/C22H21FN4O2/c23-15-7-10-17-18(13-15)25-21(24-17)19-3-1-12-27(19)22(29)14-5-8-16(9-6-14)26-11-2-4-20(26)28/h5-10,13,19H,1-4,11-12H2,(H,24,25). The molecule has 6 nitrogen and oxygen atoms in total. The van der Waals surface area contributed by atoms with E-state index in [1.807, 2.05) is 17.0 Å². The molecule has 2 saturated heterocycles. The van der Waals surface area contributed by atoms with Gasteiger partial charge in [-0.25, -0.2) is 9.37 Å². The van der Waals surface area contributed by atoms with E-state index in [0.29, 0.717) is 35.4 Å². The highest BCUT2D eigenvalue weighted by atomic mass is 19.1. The normalized spacial score (nSPS) is 19.5. The van der Waals surface area contributed by atoms with Crippen molar-refractivity contribution in [3.63, 3.8) is 0 Å². The highest BCUT2D eigenvalue weighted by Gasteiger charge is 2.33. The quantitative estimate of drug-likeness (QED) is 0.737. The number of likely N-dealkylation sites (tertiary alicyclic amines) is 1. The highest BCUT2D eigenvalue weighted by Crippen LogP contribution is 2.33. The number of carbonyl (C=O) groups is 2. The Morgan fingerprint density at radius 2 is 1.93 bits per heavy atom. The molecule has 1 atom stereocenters. The summed E-state index contributed by atoms with van der Waals surface area (Å²) >= 11 is 0. The molecule has 0 radical (unpaired) electrons. The van der Waals surface area contributed by atoms with E-state index < -0.39 is 0 Å². The monoisotopic (exact) mass is 392 g/mol. The van der Waals surface area contributed by atoms with E-state index in [4.69, 9.17) is 0 Å². The van der Waals surface area contributed by atoms with Gasteiger partial charge < -0.3 is 14.8 Å². The fourth-order valence-corrected chi connectivity index (χ4v) is 4.32. The second-order valence-corrected chi connectivity index (χ2v) is 7.64. The van der Waals surface area contributed by atoms with Gasteiger partial charge in [-0.2, -0.15) is 0 Å². The molecule has 29 heavy (non-hydrogen) atoms. The van der Waals surface area contributed by atoms with Crippen LogP contribution in [0.1, 0.15) is 47.9 Å². The van der Waals surface area contributed by atoms with Crippen molar-refractivity contribution < 1.29 is 14.0 Å². The van der Waals surface area contributed by atoms with E-state index in [1.165, 1.54) is 12.1 Å². The number of hydrogen-bond donors (Lipinski definition) is 1. The van der Waals surface area contributed by atoms with E-state index in [0.717, 1.165) is 31.5 Å². The number of H-pyrrole nitrogens is 1. The zero-order valence-electron chi connectivity index (χ0n) is 15.9.